The van der Waals surface area contributed by atoms with E-state index in [1.807, 2.05) is 24.4 Å². The molecule has 24 heavy (non-hydrogen) atoms. The topological polar surface area (TPSA) is 55.1 Å². The number of rotatable bonds is 6. The number of benzene rings is 1. The predicted molar refractivity (Wildman–Crippen MR) is 95.6 cm³/mol. The molecule has 0 aliphatic carbocycles. The summed E-state index contributed by atoms with van der Waals surface area (Å²) in [6, 6.07) is 9.82. The molecule has 3 rings (SSSR count). The van der Waals surface area contributed by atoms with E-state index in [0.717, 1.165) is 11.3 Å². The summed E-state index contributed by atoms with van der Waals surface area (Å²) in [5, 5.41) is 4.96. The Hall–Kier alpha value is -2.12. The lowest BCUT2D eigenvalue weighted by Crippen LogP contribution is -2.22. The monoisotopic (exact) mass is 362 g/mol. The summed E-state index contributed by atoms with van der Waals surface area (Å²) in [5.41, 5.74) is 1.53. The van der Waals surface area contributed by atoms with Crippen LogP contribution < -0.4 is 5.32 Å². The Kier molecular flexibility index (Phi) is 5.32. The number of hydrogen-bond donors (Lipinski definition) is 1. The molecule has 2 aromatic heterocycles. The third-order valence-corrected chi connectivity index (χ3v) is 5.22. The number of anilines is 1. The Balaban J connectivity index is 1.57. The molecular formula is C17H15FN2O2S2. The van der Waals surface area contributed by atoms with Crippen molar-refractivity contribution in [3.63, 3.8) is 0 Å². The zero-order valence-electron chi connectivity index (χ0n) is 12.9. The van der Waals surface area contributed by atoms with Crippen LogP contribution in [0, 0.1) is 5.82 Å². The number of furan rings is 1. The predicted octanol–water partition coefficient (Wildman–Crippen LogP) is 4.80. The van der Waals surface area contributed by atoms with E-state index < -0.39 is 0 Å². The van der Waals surface area contributed by atoms with Gasteiger partial charge in [-0.1, -0.05) is 0 Å². The zero-order chi connectivity index (χ0) is 16.9. The molecule has 0 radical (unpaired) electrons. The number of thiazole rings is 1. The van der Waals surface area contributed by atoms with Crippen molar-refractivity contribution < 1.29 is 13.6 Å². The smallest absolute Gasteiger partial charge is 0.239 e. The molecule has 1 N–H and O–H groups in total. The van der Waals surface area contributed by atoms with E-state index in [9.17, 15) is 9.18 Å². The van der Waals surface area contributed by atoms with E-state index in [0.29, 0.717) is 16.6 Å². The molecule has 0 spiro atoms. The normalized spacial score (nSPS) is 12.1. The van der Waals surface area contributed by atoms with Crippen molar-refractivity contribution in [1.29, 1.82) is 0 Å². The molecule has 124 valence electrons. The van der Waals surface area contributed by atoms with Gasteiger partial charge < -0.3 is 9.73 Å². The SMILES string of the molecule is CC(SCc1ccco1)C(=O)Nc1nc(-c2ccc(F)cc2)cs1. The molecule has 3 aromatic rings. The van der Waals surface area contributed by atoms with E-state index in [-0.39, 0.29) is 17.0 Å². The highest BCUT2D eigenvalue weighted by Gasteiger charge is 2.16. The highest BCUT2D eigenvalue weighted by atomic mass is 32.2. The fraction of sp³-hybridized carbons (Fsp3) is 0.176. The van der Waals surface area contributed by atoms with Gasteiger partial charge in [-0.05, 0) is 43.3 Å². The van der Waals surface area contributed by atoms with Crippen LogP contribution in [0.3, 0.4) is 0 Å². The van der Waals surface area contributed by atoms with Gasteiger partial charge in [0.2, 0.25) is 5.91 Å². The minimum Gasteiger partial charge on any atom is -0.468 e. The van der Waals surface area contributed by atoms with Gasteiger partial charge in [0.25, 0.3) is 0 Å². The lowest BCUT2D eigenvalue weighted by atomic mass is 10.2. The molecule has 0 aliphatic rings. The second-order valence-electron chi connectivity index (χ2n) is 5.07. The van der Waals surface area contributed by atoms with Crippen LogP contribution in [-0.2, 0) is 10.5 Å². The standard InChI is InChI=1S/C17H15FN2O2S2/c1-11(23-9-14-3-2-8-22-14)16(21)20-17-19-15(10-24-17)12-4-6-13(18)7-5-12/h2-8,10-11H,9H2,1H3,(H,19,20,21). The first kappa shape index (κ1) is 16.7. The summed E-state index contributed by atoms with van der Waals surface area (Å²) < 4.78 is 18.2. The van der Waals surface area contributed by atoms with E-state index in [4.69, 9.17) is 4.42 Å². The molecule has 0 aliphatic heterocycles. The van der Waals surface area contributed by atoms with Gasteiger partial charge >= 0.3 is 0 Å². The summed E-state index contributed by atoms with van der Waals surface area (Å²) in [5.74, 6) is 1.09. The molecule has 1 unspecified atom stereocenters. The highest BCUT2D eigenvalue weighted by molar-refractivity contribution is 7.99. The maximum atomic E-state index is 13.0. The third-order valence-electron chi connectivity index (χ3n) is 3.30. The van der Waals surface area contributed by atoms with Gasteiger partial charge in [0.15, 0.2) is 5.13 Å². The third kappa shape index (κ3) is 4.24. The maximum absolute atomic E-state index is 13.0. The molecule has 2 heterocycles. The second kappa shape index (κ2) is 7.63. The number of aromatic nitrogens is 1. The first-order valence-corrected chi connectivity index (χ1v) is 9.21. The molecule has 1 atom stereocenters. The van der Waals surface area contributed by atoms with Crippen molar-refractivity contribution in [2.75, 3.05) is 5.32 Å². The Bertz CT molecular complexity index is 800. The number of nitrogens with one attached hydrogen (secondary N) is 1. The molecular weight excluding hydrogens is 347 g/mol. The van der Waals surface area contributed by atoms with Crippen molar-refractivity contribution in [3.05, 3.63) is 59.6 Å². The maximum Gasteiger partial charge on any atom is 0.239 e. The summed E-state index contributed by atoms with van der Waals surface area (Å²) in [6.45, 7) is 1.84. The molecule has 0 saturated heterocycles. The number of nitrogens with zero attached hydrogens (tertiary/aromatic N) is 1. The van der Waals surface area contributed by atoms with Crippen LogP contribution in [0.15, 0.2) is 52.5 Å². The average molecular weight is 362 g/mol. The molecule has 0 bridgehead atoms. The van der Waals surface area contributed by atoms with E-state index in [1.54, 1.807) is 18.4 Å². The van der Waals surface area contributed by atoms with E-state index in [1.165, 1.54) is 35.2 Å². The highest BCUT2D eigenvalue weighted by Crippen LogP contribution is 2.26. The van der Waals surface area contributed by atoms with Gasteiger partial charge in [-0.15, -0.1) is 23.1 Å². The lowest BCUT2D eigenvalue weighted by molar-refractivity contribution is -0.115. The molecule has 4 nitrogen and oxygen atoms in total. The van der Waals surface area contributed by atoms with Crippen molar-refractivity contribution >= 4 is 34.1 Å². The van der Waals surface area contributed by atoms with Gasteiger partial charge in [-0.25, -0.2) is 9.37 Å². The largest absolute Gasteiger partial charge is 0.468 e. The van der Waals surface area contributed by atoms with Crippen molar-refractivity contribution in [1.82, 2.24) is 4.98 Å². The van der Waals surface area contributed by atoms with Crippen molar-refractivity contribution in [3.8, 4) is 11.3 Å². The Morgan fingerprint density at radius 3 is 2.88 bits per heavy atom. The van der Waals surface area contributed by atoms with Crippen LogP contribution in [0.2, 0.25) is 0 Å². The van der Waals surface area contributed by atoms with Gasteiger partial charge in [0.05, 0.1) is 23.0 Å². The van der Waals surface area contributed by atoms with Crippen LogP contribution in [-0.4, -0.2) is 16.1 Å². The van der Waals surface area contributed by atoms with Crippen LogP contribution >= 0.6 is 23.1 Å². The number of carbonyl (C=O) groups excluding carboxylic acids is 1. The molecule has 0 fully saturated rings. The summed E-state index contributed by atoms with van der Waals surface area (Å²) in [7, 11) is 0. The number of amides is 1. The average Bonchev–Trinajstić information content (AvgIpc) is 3.25. The quantitative estimate of drug-likeness (QED) is 0.684. The van der Waals surface area contributed by atoms with Gasteiger partial charge in [-0.3, -0.25) is 4.79 Å². The molecule has 0 saturated carbocycles. The van der Waals surface area contributed by atoms with Crippen molar-refractivity contribution in [2.24, 2.45) is 0 Å². The summed E-state index contributed by atoms with van der Waals surface area (Å²) in [6.07, 6.45) is 1.62. The Labute approximate surface area is 147 Å². The van der Waals surface area contributed by atoms with Crippen molar-refractivity contribution in [2.45, 2.75) is 17.9 Å². The lowest BCUT2D eigenvalue weighted by Gasteiger charge is -2.09. The number of halogens is 1. The van der Waals surface area contributed by atoms with Crippen LogP contribution in [0.1, 0.15) is 12.7 Å². The number of thioether (sulfide) groups is 1. The first-order valence-electron chi connectivity index (χ1n) is 7.28. The minimum atomic E-state index is -0.287. The van der Waals surface area contributed by atoms with Crippen LogP contribution in [0.4, 0.5) is 9.52 Å². The summed E-state index contributed by atoms with van der Waals surface area (Å²) in [4.78, 5) is 16.6. The Morgan fingerprint density at radius 2 is 2.17 bits per heavy atom. The molecule has 1 aromatic carbocycles. The molecule has 1 amide bonds. The summed E-state index contributed by atoms with van der Waals surface area (Å²) >= 11 is 2.84. The van der Waals surface area contributed by atoms with Crippen LogP contribution in [0.5, 0.6) is 0 Å². The van der Waals surface area contributed by atoms with E-state index >= 15 is 0 Å². The molecule has 7 heteroatoms. The van der Waals surface area contributed by atoms with Gasteiger partial charge in [0, 0.05) is 10.9 Å². The zero-order valence-corrected chi connectivity index (χ0v) is 14.5. The van der Waals surface area contributed by atoms with Gasteiger partial charge in [0.1, 0.15) is 11.6 Å². The fourth-order valence-electron chi connectivity index (χ4n) is 1.97. The Morgan fingerprint density at radius 1 is 1.38 bits per heavy atom. The van der Waals surface area contributed by atoms with Gasteiger partial charge in [-0.2, -0.15) is 0 Å². The fourth-order valence-corrected chi connectivity index (χ4v) is 3.48. The first-order chi connectivity index (χ1) is 11.6. The minimum absolute atomic E-state index is 0.105. The van der Waals surface area contributed by atoms with Crippen LogP contribution in [0.25, 0.3) is 11.3 Å². The second-order valence-corrected chi connectivity index (χ2v) is 7.25. The number of carbonyl (C=O) groups is 1. The van der Waals surface area contributed by atoms with E-state index in [2.05, 4.69) is 10.3 Å². The number of hydrogen-bond acceptors (Lipinski definition) is 5.